The van der Waals surface area contributed by atoms with E-state index < -0.39 is 18.1 Å². The third kappa shape index (κ3) is 1.44. The molecule has 1 heterocycles. The molecule has 0 saturated carbocycles. The zero-order valence-corrected chi connectivity index (χ0v) is 5.51. The van der Waals surface area contributed by atoms with E-state index in [0.29, 0.717) is 13.0 Å². The Hall–Kier alpha value is -0.640. The summed E-state index contributed by atoms with van der Waals surface area (Å²) < 4.78 is 12.7. The Bertz CT molecular complexity index is 140. The van der Waals surface area contributed by atoms with Crippen LogP contribution in [0, 0.1) is 5.92 Å². The Balaban J connectivity index is 2.47. The molecule has 1 aliphatic heterocycles. The van der Waals surface area contributed by atoms with Gasteiger partial charge in [0.2, 0.25) is 0 Å². The maximum Gasteiger partial charge on any atom is 0.309 e. The summed E-state index contributed by atoms with van der Waals surface area (Å²) in [5.41, 5.74) is 0. The second-order valence-electron chi connectivity index (χ2n) is 2.45. The Labute approximate surface area is 58.2 Å². The lowest BCUT2D eigenvalue weighted by Crippen LogP contribution is -2.41. The molecule has 0 aromatic rings. The van der Waals surface area contributed by atoms with Crippen molar-refractivity contribution < 1.29 is 14.3 Å². The molecule has 58 valence electrons. The van der Waals surface area contributed by atoms with Crippen molar-refractivity contribution in [2.45, 2.75) is 12.6 Å². The van der Waals surface area contributed by atoms with Gasteiger partial charge in [0.25, 0.3) is 0 Å². The van der Waals surface area contributed by atoms with Gasteiger partial charge in [0.15, 0.2) is 0 Å². The number of carboxylic acids is 1. The maximum absolute atomic E-state index is 12.7. The molecular formula is C6H10FNO2. The van der Waals surface area contributed by atoms with E-state index in [1.54, 1.807) is 0 Å². The maximum atomic E-state index is 12.7. The Morgan fingerprint density at radius 1 is 1.70 bits per heavy atom. The largest absolute Gasteiger partial charge is 0.481 e. The molecule has 0 aromatic carbocycles. The summed E-state index contributed by atoms with van der Waals surface area (Å²) in [4.78, 5) is 10.3. The molecule has 2 atom stereocenters. The molecule has 1 rings (SSSR count). The summed E-state index contributed by atoms with van der Waals surface area (Å²) in [7, 11) is 0. The molecule has 0 aromatic heterocycles. The lowest BCUT2D eigenvalue weighted by molar-refractivity contribution is -0.144. The fourth-order valence-corrected chi connectivity index (χ4v) is 1.10. The van der Waals surface area contributed by atoms with Gasteiger partial charge in [0.05, 0.1) is 5.92 Å². The zero-order valence-electron chi connectivity index (χ0n) is 5.51. The molecule has 0 amide bonds. The molecule has 0 spiro atoms. The molecule has 2 N–H and O–H groups in total. The number of nitrogens with one attached hydrogen (secondary N) is 1. The van der Waals surface area contributed by atoms with E-state index in [4.69, 9.17) is 5.11 Å². The predicted molar refractivity (Wildman–Crippen MR) is 33.5 cm³/mol. The second-order valence-corrected chi connectivity index (χ2v) is 2.45. The van der Waals surface area contributed by atoms with Crippen molar-refractivity contribution in [3.05, 3.63) is 0 Å². The third-order valence-corrected chi connectivity index (χ3v) is 1.73. The Morgan fingerprint density at radius 3 is 2.80 bits per heavy atom. The summed E-state index contributed by atoms with van der Waals surface area (Å²) in [5, 5.41) is 11.2. The van der Waals surface area contributed by atoms with E-state index in [2.05, 4.69) is 5.32 Å². The second kappa shape index (κ2) is 2.96. The van der Waals surface area contributed by atoms with E-state index >= 15 is 0 Å². The first-order chi connectivity index (χ1) is 4.72. The topological polar surface area (TPSA) is 49.3 Å². The van der Waals surface area contributed by atoms with Crippen molar-refractivity contribution in [3.63, 3.8) is 0 Å². The fraction of sp³-hybridized carbons (Fsp3) is 0.833. The first-order valence-electron chi connectivity index (χ1n) is 3.29. The van der Waals surface area contributed by atoms with Crippen LogP contribution in [0.1, 0.15) is 6.42 Å². The van der Waals surface area contributed by atoms with Gasteiger partial charge in [-0.05, 0) is 13.0 Å². The average Bonchev–Trinajstić information content (AvgIpc) is 1.88. The number of hydrogen-bond acceptors (Lipinski definition) is 2. The van der Waals surface area contributed by atoms with E-state index in [9.17, 15) is 9.18 Å². The SMILES string of the molecule is O=C(O)[C@H]1CCNC[C@H]1F. The van der Waals surface area contributed by atoms with Gasteiger partial charge in [0.1, 0.15) is 6.17 Å². The molecule has 3 nitrogen and oxygen atoms in total. The van der Waals surface area contributed by atoms with Crippen LogP contribution in [0.3, 0.4) is 0 Å². The highest BCUT2D eigenvalue weighted by atomic mass is 19.1. The van der Waals surface area contributed by atoms with Gasteiger partial charge in [-0.1, -0.05) is 0 Å². The van der Waals surface area contributed by atoms with E-state index in [1.165, 1.54) is 0 Å². The van der Waals surface area contributed by atoms with Crippen LogP contribution in [0.4, 0.5) is 4.39 Å². The first-order valence-corrected chi connectivity index (χ1v) is 3.29. The lowest BCUT2D eigenvalue weighted by Gasteiger charge is -2.22. The molecule has 1 aliphatic rings. The monoisotopic (exact) mass is 147 g/mol. The third-order valence-electron chi connectivity index (χ3n) is 1.73. The molecular weight excluding hydrogens is 137 g/mol. The highest BCUT2D eigenvalue weighted by molar-refractivity contribution is 5.70. The van der Waals surface area contributed by atoms with Gasteiger partial charge in [-0.2, -0.15) is 0 Å². The van der Waals surface area contributed by atoms with E-state index in [-0.39, 0.29) is 6.54 Å². The van der Waals surface area contributed by atoms with Crippen LogP contribution >= 0.6 is 0 Å². The van der Waals surface area contributed by atoms with Crippen molar-refractivity contribution in [1.29, 1.82) is 0 Å². The van der Waals surface area contributed by atoms with Gasteiger partial charge < -0.3 is 10.4 Å². The molecule has 0 radical (unpaired) electrons. The van der Waals surface area contributed by atoms with Crippen LogP contribution in [0.15, 0.2) is 0 Å². The van der Waals surface area contributed by atoms with Crippen LogP contribution in [0.2, 0.25) is 0 Å². The Morgan fingerprint density at radius 2 is 2.40 bits per heavy atom. The summed E-state index contributed by atoms with van der Waals surface area (Å²) in [6.07, 6.45) is -0.817. The summed E-state index contributed by atoms with van der Waals surface area (Å²) in [6, 6.07) is 0. The van der Waals surface area contributed by atoms with Gasteiger partial charge in [-0.3, -0.25) is 4.79 Å². The molecule has 1 fully saturated rings. The quantitative estimate of drug-likeness (QED) is 0.549. The number of alkyl halides is 1. The average molecular weight is 147 g/mol. The fourth-order valence-electron chi connectivity index (χ4n) is 1.10. The van der Waals surface area contributed by atoms with Crippen molar-refractivity contribution >= 4 is 5.97 Å². The van der Waals surface area contributed by atoms with Crippen molar-refractivity contribution in [1.82, 2.24) is 5.32 Å². The number of carbonyl (C=O) groups is 1. The van der Waals surface area contributed by atoms with Gasteiger partial charge in [-0.15, -0.1) is 0 Å². The summed E-state index contributed by atoms with van der Waals surface area (Å²) in [5.74, 6) is -1.81. The molecule has 1 saturated heterocycles. The minimum Gasteiger partial charge on any atom is -0.481 e. The standard InChI is InChI=1S/C6H10FNO2/c7-5-3-8-2-1-4(5)6(9)10/h4-5,8H,1-3H2,(H,9,10)/t4-,5+/m0/s1. The zero-order chi connectivity index (χ0) is 7.56. The lowest BCUT2D eigenvalue weighted by atomic mass is 9.97. The summed E-state index contributed by atoms with van der Waals surface area (Å²) >= 11 is 0. The van der Waals surface area contributed by atoms with Gasteiger partial charge >= 0.3 is 5.97 Å². The minimum atomic E-state index is -1.22. The van der Waals surface area contributed by atoms with E-state index in [1.807, 2.05) is 0 Å². The molecule has 0 unspecified atom stereocenters. The predicted octanol–water partition coefficient (Wildman–Crippen LogP) is 0.0186. The van der Waals surface area contributed by atoms with Crippen molar-refractivity contribution in [2.75, 3.05) is 13.1 Å². The molecule has 0 bridgehead atoms. The van der Waals surface area contributed by atoms with Gasteiger partial charge in [0, 0.05) is 6.54 Å². The molecule has 4 heteroatoms. The van der Waals surface area contributed by atoms with Crippen molar-refractivity contribution in [3.8, 4) is 0 Å². The molecule has 0 aliphatic carbocycles. The molecule has 10 heavy (non-hydrogen) atoms. The van der Waals surface area contributed by atoms with E-state index in [0.717, 1.165) is 0 Å². The minimum absolute atomic E-state index is 0.178. The number of piperidine rings is 1. The normalized spacial score (nSPS) is 33.7. The smallest absolute Gasteiger partial charge is 0.309 e. The summed E-state index contributed by atoms with van der Waals surface area (Å²) in [6.45, 7) is 0.786. The van der Waals surface area contributed by atoms with Crippen LogP contribution in [0.25, 0.3) is 0 Å². The number of hydrogen-bond donors (Lipinski definition) is 2. The number of carboxylic acid groups (broad SMARTS) is 1. The highest BCUT2D eigenvalue weighted by Crippen LogP contribution is 2.15. The van der Waals surface area contributed by atoms with Crippen LogP contribution < -0.4 is 5.32 Å². The Kier molecular flexibility index (Phi) is 2.21. The van der Waals surface area contributed by atoms with Crippen LogP contribution in [0.5, 0.6) is 0 Å². The number of aliphatic carboxylic acids is 1. The van der Waals surface area contributed by atoms with Crippen LogP contribution in [-0.2, 0) is 4.79 Å². The van der Waals surface area contributed by atoms with Crippen molar-refractivity contribution in [2.24, 2.45) is 5.92 Å². The van der Waals surface area contributed by atoms with Crippen LogP contribution in [-0.4, -0.2) is 30.3 Å². The van der Waals surface area contributed by atoms with Gasteiger partial charge in [-0.25, -0.2) is 4.39 Å². The highest BCUT2D eigenvalue weighted by Gasteiger charge is 2.30. The number of rotatable bonds is 1. The first kappa shape index (κ1) is 7.47. The number of halogens is 1.